The third-order valence-corrected chi connectivity index (χ3v) is 5.11. The van der Waals surface area contributed by atoms with E-state index in [-0.39, 0.29) is 24.7 Å². The van der Waals surface area contributed by atoms with Crippen molar-refractivity contribution in [1.29, 1.82) is 0 Å². The van der Waals surface area contributed by atoms with Crippen LogP contribution in [0.5, 0.6) is 5.75 Å². The number of hydrogen-bond donors (Lipinski definition) is 3. The van der Waals surface area contributed by atoms with Gasteiger partial charge in [-0.1, -0.05) is 0 Å². The second kappa shape index (κ2) is 9.89. The Kier molecular flexibility index (Phi) is 7.85. The molecule has 152 valence electrons. The van der Waals surface area contributed by atoms with Gasteiger partial charge in [0.05, 0.1) is 32.0 Å². The molecule has 1 heterocycles. The Morgan fingerprint density at radius 2 is 1.96 bits per heavy atom. The van der Waals surface area contributed by atoms with Crippen LogP contribution in [-0.2, 0) is 4.74 Å². The minimum Gasteiger partial charge on any atom is -0.497 e. The van der Waals surface area contributed by atoms with E-state index in [4.69, 9.17) is 9.47 Å². The quantitative estimate of drug-likeness (QED) is 0.591. The van der Waals surface area contributed by atoms with Crippen molar-refractivity contribution in [3.63, 3.8) is 0 Å². The maximum atomic E-state index is 12.3. The Hall–Kier alpha value is -1.87. The number of nitrogens with one attached hydrogen (secondary N) is 1. The first-order valence-corrected chi connectivity index (χ1v) is 9.14. The summed E-state index contributed by atoms with van der Waals surface area (Å²) in [6.07, 6.45) is -0.869. The summed E-state index contributed by atoms with van der Waals surface area (Å²) < 4.78 is 10.4. The van der Waals surface area contributed by atoms with Gasteiger partial charge in [0.2, 0.25) is 0 Å². The zero-order chi connectivity index (χ0) is 20.0. The Labute approximate surface area is 160 Å². The standard InChI is InChI=1S/C19H31N3O5/c1-13(26-3)16-9-10-22(16)12-18(24)17(23)11-21(2)19(25)20-14-5-7-15(27-4)8-6-14/h5-8,13,16-18,23-24H,9-12H2,1-4H3,(H,20,25)/t13-,16-,17-,18+/m0/s1. The van der Waals surface area contributed by atoms with Crippen LogP contribution in [0.25, 0.3) is 0 Å². The molecule has 1 aromatic carbocycles. The molecule has 0 aromatic heterocycles. The summed E-state index contributed by atoms with van der Waals surface area (Å²) in [5, 5.41) is 23.3. The highest BCUT2D eigenvalue weighted by Gasteiger charge is 2.35. The van der Waals surface area contributed by atoms with Crippen LogP contribution < -0.4 is 10.1 Å². The topological polar surface area (TPSA) is 94.5 Å². The highest BCUT2D eigenvalue weighted by molar-refractivity contribution is 5.89. The van der Waals surface area contributed by atoms with Crippen molar-refractivity contribution in [3.8, 4) is 5.75 Å². The number of methoxy groups -OCH3 is 2. The van der Waals surface area contributed by atoms with Crippen molar-refractivity contribution in [2.24, 2.45) is 0 Å². The Balaban J connectivity index is 1.79. The van der Waals surface area contributed by atoms with Gasteiger partial charge in [-0.25, -0.2) is 4.79 Å². The molecule has 1 aliphatic heterocycles. The largest absolute Gasteiger partial charge is 0.497 e. The SMILES string of the molecule is COc1ccc(NC(=O)N(C)C[C@H](O)[C@H](O)CN2CC[C@H]2[C@H](C)OC)cc1. The summed E-state index contributed by atoms with van der Waals surface area (Å²) in [5.74, 6) is 0.701. The average Bonchev–Trinajstić information content (AvgIpc) is 2.65. The number of likely N-dealkylation sites (N-methyl/N-ethyl adjacent to an activating group) is 1. The van der Waals surface area contributed by atoms with Crippen molar-refractivity contribution in [2.75, 3.05) is 46.2 Å². The lowest BCUT2D eigenvalue weighted by molar-refractivity contribution is -0.0713. The molecular formula is C19H31N3O5. The van der Waals surface area contributed by atoms with Gasteiger partial charge in [0.25, 0.3) is 0 Å². The number of hydrogen-bond acceptors (Lipinski definition) is 6. The Morgan fingerprint density at radius 3 is 2.48 bits per heavy atom. The van der Waals surface area contributed by atoms with Gasteiger partial charge >= 0.3 is 6.03 Å². The molecule has 8 heteroatoms. The molecule has 2 rings (SSSR count). The maximum Gasteiger partial charge on any atom is 0.321 e. The first-order chi connectivity index (χ1) is 12.8. The van der Waals surface area contributed by atoms with E-state index >= 15 is 0 Å². The highest BCUT2D eigenvalue weighted by Crippen LogP contribution is 2.22. The number of β-amino-alcohol motifs (C(OH)–C–C–N with tert-alkyl or cyclic N) is 1. The van der Waals surface area contributed by atoms with Gasteiger partial charge in [-0.15, -0.1) is 0 Å². The molecule has 0 unspecified atom stereocenters. The van der Waals surface area contributed by atoms with E-state index in [1.54, 1.807) is 45.5 Å². The van der Waals surface area contributed by atoms with Crippen LogP contribution >= 0.6 is 0 Å². The molecule has 0 spiro atoms. The molecule has 0 aliphatic carbocycles. The zero-order valence-electron chi connectivity index (χ0n) is 16.5. The van der Waals surface area contributed by atoms with Gasteiger partial charge in [0.15, 0.2) is 0 Å². The van der Waals surface area contributed by atoms with Crippen LogP contribution in [0.15, 0.2) is 24.3 Å². The number of ether oxygens (including phenoxy) is 2. The number of aliphatic hydroxyl groups excluding tert-OH is 2. The van der Waals surface area contributed by atoms with Crippen LogP contribution in [0.3, 0.4) is 0 Å². The van der Waals surface area contributed by atoms with Crippen LogP contribution in [0.4, 0.5) is 10.5 Å². The molecule has 1 saturated heterocycles. The Bertz CT molecular complexity index is 598. The first-order valence-electron chi connectivity index (χ1n) is 9.14. The minimum atomic E-state index is -1.03. The van der Waals surface area contributed by atoms with Gasteiger partial charge in [-0.3, -0.25) is 4.90 Å². The predicted octanol–water partition coefficient (Wildman–Crippen LogP) is 0.990. The molecule has 1 fully saturated rings. The zero-order valence-corrected chi connectivity index (χ0v) is 16.5. The number of amides is 2. The van der Waals surface area contributed by atoms with Gasteiger partial charge in [-0.2, -0.15) is 0 Å². The average molecular weight is 381 g/mol. The molecule has 8 nitrogen and oxygen atoms in total. The van der Waals surface area contributed by atoms with E-state index in [1.165, 1.54) is 4.90 Å². The van der Waals surface area contributed by atoms with Crippen molar-refractivity contribution >= 4 is 11.7 Å². The third kappa shape index (κ3) is 5.80. The number of anilines is 1. The summed E-state index contributed by atoms with van der Waals surface area (Å²) in [6, 6.07) is 6.86. The number of nitrogens with zero attached hydrogens (tertiary/aromatic N) is 2. The lowest BCUT2D eigenvalue weighted by Crippen LogP contribution is -2.57. The number of carbonyl (C=O) groups is 1. The van der Waals surface area contributed by atoms with E-state index in [0.29, 0.717) is 18.0 Å². The van der Waals surface area contributed by atoms with Gasteiger partial charge < -0.3 is 29.9 Å². The van der Waals surface area contributed by atoms with Crippen LogP contribution in [0, 0.1) is 0 Å². The maximum absolute atomic E-state index is 12.3. The molecule has 0 radical (unpaired) electrons. The fraction of sp³-hybridized carbons (Fsp3) is 0.632. The summed E-state index contributed by atoms with van der Waals surface area (Å²) in [4.78, 5) is 15.7. The smallest absolute Gasteiger partial charge is 0.321 e. The molecule has 0 bridgehead atoms. The van der Waals surface area contributed by atoms with Crippen molar-refractivity contribution < 1.29 is 24.5 Å². The normalized spacial score (nSPS) is 20.3. The van der Waals surface area contributed by atoms with Crippen LogP contribution in [-0.4, -0.2) is 91.3 Å². The second-order valence-corrected chi connectivity index (χ2v) is 6.97. The highest BCUT2D eigenvalue weighted by atomic mass is 16.5. The van der Waals surface area contributed by atoms with E-state index in [2.05, 4.69) is 10.2 Å². The fourth-order valence-electron chi connectivity index (χ4n) is 3.12. The van der Waals surface area contributed by atoms with Crippen LogP contribution in [0.2, 0.25) is 0 Å². The number of urea groups is 1. The summed E-state index contributed by atoms with van der Waals surface area (Å²) in [5.41, 5.74) is 0.625. The van der Waals surface area contributed by atoms with Gasteiger partial charge in [-0.05, 0) is 37.6 Å². The Morgan fingerprint density at radius 1 is 1.30 bits per heavy atom. The molecular weight excluding hydrogens is 350 g/mol. The molecule has 1 aliphatic rings. The molecule has 3 N–H and O–H groups in total. The lowest BCUT2D eigenvalue weighted by atomic mass is 9.96. The first kappa shape index (κ1) is 21.4. The third-order valence-electron chi connectivity index (χ3n) is 5.11. The number of likely N-dealkylation sites (tertiary alicyclic amines) is 1. The van der Waals surface area contributed by atoms with Crippen LogP contribution in [0.1, 0.15) is 13.3 Å². The van der Waals surface area contributed by atoms with Crippen molar-refractivity contribution in [1.82, 2.24) is 9.80 Å². The number of carbonyl (C=O) groups excluding carboxylic acids is 1. The van der Waals surface area contributed by atoms with Crippen molar-refractivity contribution in [2.45, 2.75) is 37.7 Å². The predicted molar refractivity (Wildman–Crippen MR) is 103 cm³/mol. The minimum absolute atomic E-state index is 0.0293. The number of aliphatic hydroxyl groups is 2. The molecule has 1 aromatic rings. The second-order valence-electron chi connectivity index (χ2n) is 6.97. The summed E-state index contributed by atoms with van der Waals surface area (Å²) in [7, 11) is 4.82. The van der Waals surface area contributed by atoms with E-state index in [0.717, 1.165) is 13.0 Å². The molecule has 0 saturated carbocycles. The lowest BCUT2D eigenvalue weighted by Gasteiger charge is -2.45. The monoisotopic (exact) mass is 381 g/mol. The number of benzene rings is 1. The van der Waals surface area contributed by atoms with Crippen molar-refractivity contribution in [3.05, 3.63) is 24.3 Å². The molecule has 4 atom stereocenters. The van der Waals surface area contributed by atoms with E-state index in [9.17, 15) is 15.0 Å². The molecule has 2 amide bonds. The fourth-order valence-corrected chi connectivity index (χ4v) is 3.12. The van der Waals surface area contributed by atoms with Gasteiger partial charge in [0, 0.05) is 39.0 Å². The molecule has 27 heavy (non-hydrogen) atoms. The van der Waals surface area contributed by atoms with Gasteiger partial charge in [0.1, 0.15) is 5.75 Å². The van der Waals surface area contributed by atoms with E-state index < -0.39 is 12.2 Å². The van der Waals surface area contributed by atoms with E-state index in [1.807, 2.05) is 6.92 Å². The number of rotatable bonds is 9. The summed E-state index contributed by atoms with van der Waals surface area (Å²) >= 11 is 0. The summed E-state index contributed by atoms with van der Waals surface area (Å²) in [6.45, 7) is 3.25.